The van der Waals surface area contributed by atoms with Gasteiger partial charge in [-0.25, -0.2) is 13.1 Å². The summed E-state index contributed by atoms with van der Waals surface area (Å²) in [5.41, 5.74) is 4.24. The third-order valence-corrected chi connectivity index (χ3v) is 5.70. The molecule has 0 spiro atoms. The molecule has 0 fully saturated rings. The van der Waals surface area contributed by atoms with Crippen molar-refractivity contribution in [3.8, 4) is 0 Å². The van der Waals surface area contributed by atoms with Crippen molar-refractivity contribution in [3.05, 3.63) is 82.8 Å². The molecule has 0 saturated heterocycles. The van der Waals surface area contributed by atoms with Gasteiger partial charge in [0.25, 0.3) is 0 Å². The molecule has 0 aliphatic rings. The number of rotatable bonds is 6. The maximum atomic E-state index is 12.3. The number of hydrogen-bond donors (Lipinski definition) is 1. The fraction of sp³-hybridized carbons (Fsp3) is 0.190. The van der Waals surface area contributed by atoms with Crippen LogP contribution in [0.1, 0.15) is 28.2 Å². The Morgan fingerprint density at radius 1 is 0.963 bits per heavy atom. The van der Waals surface area contributed by atoms with Crippen molar-refractivity contribution in [3.63, 3.8) is 0 Å². The Morgan fingerprint density at radius 2 is 1.70 bits per heavy atom. The number of furan rings is 1. The molecule has 140 valence electrons. The van der Waals surface area contributed by atoms with E-state index in [1.54, 1.807) is 42.6 Å². The highest BCUT2D eigenvalue weighted by molar-refractivity contribution is 7.89. The van der Waals surface area contributed by atoms with Gasteiger partial charge in [-0.3, -0.25) is 4.99 Å². The maximum absolute atomic E-state index is 12.3. The van der Waals surface area contributed by atoms with Gasteiger partial charge in [-0.15, -0.1) is 0 Å². The molecule has 1 heterocycles. The molecule has 0 bridgehead atoms. The van der Waals surface area contributed by atoms with E-state index >= 15 is 0 Å². The van der Waals surface area contributed by atoms with Gasteiger partial charge in [-0.2, -0.15) is 0 Å². The first-order chi connectivity index (χ1) is 12.8. The Bertz CT molecular complexity index is 1070. The van der Waals surface area contributed by atoms with Gasteiger partial charge in [0, 0.05) is 0 Å². The van der Waals surface area contributed by atoms with Crippen molar-refractivity contribution in [1.29, 1.82) is 0 Å². The monoisotopic (exact) mass is 382 g/mol. The third kappa shape index (κ3) is 4.93. The Labute approximate surface area is 159 Å². The second-order valence-corrected chi connectivity index (χ2v) is 8.24. The molecule has 1 aromatic heterocycles. The lowest BCUT2D eigenvalue weighted by atomic mass is 10.1. The van der Waals surface area contributed by atoms with Gasteiger partial charge >= 0.3 is 0 Å². The molecule has 3 rings (SSSR count). The maximum Gasteiger partial charge on any atom is 0.240 e. The summed E-state index contributed by atoms with van der Waals surface area (Å²) < 4.78 is 32.8. The van der Waals surface area contributed by atoms with Crippen LogP contribution in [0.15, 0.2) is 68.9 Å². The Balaban J connectivity index is 1.64. The van der Waals surface area contributed by atoms with E-state index in [-0.39, 0.29) is 11.4 Å². The van der Waals surface area contributed by atoms with Crippen molar-refractivity contribution in [2.75, 3.05) is 0 Å². The predicted octanol–water partition coefficient (Wildman–Crippen LogP) is 4.43. The standard InChI is InChI=1S/C21H22N2O3S/c1-15-4-10-21(11-5-15)27(24,25)23-14-20-9-8-19(26-20)13-22-18-7-6-16(2)17(3)12-18/h4-13,23H,14H2,1-3H3. The smallest absolute Gasteiger partial charge is 0.240 e. The van der Waals surface area contributed by atoms with E-state index in [9.17, 15) is 8.42 Å². The van der Waals surface area contributed by atoms with E-state index < -0.39 is 10.0 Å². The largest absolute Gasteiger partial charge is 0.459 e. The summed E-state index contributed by atoms with van der Waals surface area (Å²) in [6.45, 7) is 6.08. The number of benzene rings is 2. The minimum atomic E-state index is -3.57. The van der Waals surface area contributed by atoms with Crippen molar-refractivity contribution < 1.29 is 12.8 Å². The summed E-state index contributed by atoms with van der Waals surface area (Å²) in [6, 6.07) is 16.2. The van der Waals surface area contributed by atoms with Crippen LogP contribution in [0.2, 0.25) is 0 Å². The molecular weight excluding hydrogens is 360 g/mol. The summed E-state index contributed by atoms with van der Waals surface area (Å²) in [4.78, 5) is 4.63. The zero-order valence-corrected chi connectivity index (χ0v) is 16.4. The molecule has 6 heteroatoms. The highest BCUT2D eigenvalue weighted by Crippen LogP contribution is 2.17. The molecule has 0 radical (unpaired) electrons. The summed E-state index contributed by atoms with van der Waals surface area (Å²) in [7, 11) is -3.57. The van der Waals surface area contributed by atoms with Crippen LogP contribution in [-0.2, 0) is 16.6 Å². The zero-order valence-electron chi connectivity index (χ0n) is 15.6. The molecule has 1 N–H and O–H groups in total. The van der Waals surface area contributed by atoms with Crippen LogP contribution in [0.4, 0.5) is 5.69 Å². The van der Waals surface area contributed by atoms with Crippen molar-refractivity contribution >= 4 is 21.9 Å². The molecule has 0 aliphatic carbocycles. The SMILES string of the molecule is Cc1ccc(S(=O)(=O)NCc2ccc(C=Nc3ccc(C)c(C)c3)o2)cc1. The molecule has 0 aliphatic heterocycles. The second-order valence-electron chi connectivity index (χ2n) is 6.47. The molecule has 3 aromatic rings. The summed E-state index contributed by atoms with van der Waals surface area (Å²) in [5.74, 6) is 1.09. The molecule has 0 atom stereocenters. The first-order valence-electron chi connectivity index (χ1n) is 8.60. The predicted molar refractivity (Wildman–Crippen MR) is 107 cm³/mol. The van der Waals surface area contributed by atoms with Gasteiger partial charge in [0.1, 0.15) is 11.5 Å². The van der Waals surface area contributed by atoms with Crippen LogP contribution in [0.5, 0.6) is 0 Å². The number of nitrogens with one attached hydrogen (secondary N) is 1. The quantitative estimate of drug-likeness (QED) is 0.641. The van der Waals surface area contributed by atoms with Crippen molar-refractivity contribution in [2.24, 2.45) is 4.99 Å². The molecule has 27 heavy (non-hydrogen) atoms. The van der Waals surface area contributed by atoms with Crippen molar-refractivity contribution in [2.45, 2.75) is 32.2 Å². The number of aliphatic imine (C=N–C) groups is 1. The molecular formula is C21H22N2O3S. The second kappa shape index (κ2) is 7.90. The van der Waals surface area contributed by atoms with Crippen LogP contribution in [-0.4, -0.2) is 14.6 Å². The van der Waals surface area contributed by atoms with Crippen LogP contribution in [0.3, 0.4) is 0 Å². The van der Waals surface area contributed by atoms with Gasteiger partial charge in [0.15, 0.2) is 0 Å². The topological polar surface area (TPSA) is 71.7 Å². The normalized spacial score (nSPS) is 12.0. The van der Waals surface area contributed by atoms with E-state index in [2.05, 4.69) is 16.6 Å². The van der Waals surface area contributed by atoms with Crippen LogP contribution >= 0.6 is 0 Å². The van der Waals surface area contributed by atoms with Crippen molar-refractivity contribution in [1.82, 2.24) is 4.72 Å². The van der Waals surface area contributed by atoms with Gasteiger partial charge in [-0.1, -0.05) is 23.8 Å². The molecule has 5 nitrogen and oxygen atoms in total. The zero-order chi connectivity index (χ0) is 19.4. The Hall–Kier alpha value is -2.70. The number of nitrogens with zero attached hydrogens (tertiary/aromatic N) is 1. The fourth-order valence-electron chi connectivity index (χ4n) is 2.47. The molecule has 2 aromatic carbocycles. The van der Waals surface area contributed by atoms with Gasteiger partial charge < -0.3 is 4.42 Å². The minimum absolute atomic E-state index is 0.0771. The number of hydrogen-bond acceptors (Lipinski definition) is 4. The number of sulfonamides is 1. The lowest BCUT2D eigenvalue weighted by Gasteiger charge is -2.05. The van der Waals surface area contributed by atoms with E-state index in [1.807, 2.05) is 32.0 Å². The Kier molecular flexibility index (Phi) is 5.58. The van der Waals surface area contributed by atoms with E-state index in [0.29, 0.717) is 11.5 Å². The van der Waals surface area contributed by atoms with E-state index in [1.165, 1.54) is 11.1 Å². The average Bonchev–Trinajstić information content (AvgIpc) is 3.09. The average molecular weight is 382 g/mol. The Morgan fingerprint density at radius 3 is 2.41 bits per heavy atom. The highest BCUT2D eigenvalue weighted by atomic mass is 32.2. The van der Waals surface area contributed by atoms with Gasteiger partial charge in [0.05, 0.1) is 23.3 Å². The van der Waals surface area contributed by atoms with E-state index in [4.69, 9.17) is 4.42 Å². The first-order valence-corrected chi connectivity index (χ1v) is 10.1. The van der Waals surface area contributed by atoms with E-state index in [0.717, 1.165) is 11.3 Å². The summed E-state index contributed by atoms with van der Waals surface area (Å²) >= 11 is 0. The fourth-order valence-corrected chi connectivity index (χ4v) is 3.46. The molecule has 0 unspecified atom stereocenters. The third-order valence-electron chi connectivity index (χ3n) is 4.28. The van der Waals surface area contributed by atoms with Gasteiger partial charge in [-0.05, 0) is 68.3 Å². The minimum Gasteiger partial charge on any atom is -0.459 e. The first kappa shape index (κ1) is 19.1. The van der Waals surface area contributed by atoms with Crippen LogP contribution < -0.4 is 4.72 Å². The lowest BCUT2D eigenvalue weighted by Crippen LogP contribution is -2.22. The summed E-state index contributed by atoms with van der Waals surface area (Å²) in [5, 5.41) is 0. The van der Waals surface area contributed by atoms with Gasteiger partial charge in [0.2, 0.25) is 10.0 Å². The van der Waals surface area contributed by atoms with Crippen LogP contribution in [0.25, 0.3) is 0 Å². The molecule has 0 amide bonds. The lowest BCUT2D eigenvalue weighted by molar-refractivity contribution is 0.494. The highest BCUT2D eigenvalue weighted by Gasteiger charge is 2.14. The number of aryl methyl sites for hydroxylation is 3. The molecule has 0 saturated carbocycles. The van der Waals surface area contributed by atoms with Crippen LogP contribution in [0, 0.1) is 20.8 Å². The summed E-state index contributed by atoms with van der Waals surface area (Å²) in [6.07, 6.45) is 1.63.